The largest absolute Gasteiger partial charge is 0.490 e. The third-order valence-electron chi connectivity index (χ3n) is 6.41. The van der Waals surface area contributed by atoms with Gasteiger partial charge in [0.05, 0.1) is 6.61 Å². The number of aryl methyl sites for hydroxylation is 2. The lowest BCUT2D eigenvalue weighted by atomic mass is 9.71. The average molecular weight is 459 g/mol. The van der Waals surface area contributed by atoms with E-state index >= 15 is 0 Å². The summed E-state index contributed by atoms with van der Waals surface area (Å²) in [5.74, 6) is -2.08. The molecule has 0 radical (unpaired) electrons. The summed E-state index contributed by atoms with van der Waals surface area (Å²) >= 11 is 0. The summed E-state index contributed by atoms with van der Waals surface area (Å²) in [7, 11) is 1.78. The van der Waals surface area contributed by atoms with Crippen LogP contribution in [0.3, 0.4) is 0 Å². The van der Waals surface area contributed by atoms with Crippen LogP contribution in [0.1, 0.15) is 36.5 Å². The van der Waals surface area contributed by atoms with Gasteiger partial charge in [0, 0.05) is 39.6 Å². The summed E-state index contributed by atoms with van der Waals surface area (Å²) in [4.78, 5) is 25.4. The van der Waals surface area contributed by atoms with E-state index in [1.807, 2.05) is 4.90 Å². The highest BCUT2D eigenvalue weighted by Crippen LogP contribution is 2.45. The van der Waals surface area contributed by atoms with Crippen molar-refractivity contribution in [2.24, 2.45) is 11.3 Å². The van der Waals surface area contributed by atoms with Crippen LogP contribution in [0.5, 0.6) is 0 Å². The van der Waals surface area contributed by atoms with Gasteiger partial charge < -0.3 is 14.7 Å². The van der Waals surface area contributed by atoms with Gasteiger partial charge in [0.25, 0.3) is 0 Å². The van der Waals surface area contributed by atoms with Gasteiger partial charge in [0.2, 0.25) is 5.91 Å². The van der Waals surface area contributed by atoms with E-state index in [2.05, 4.69) is 36.9 Å². The van der Waals surface area contributed by atoms with Gasteiger partial charge >= 0.3 is 12.1 Å². The Morgan fingerprint density at radius 3 is 2.12 bits per heavy atom. The third-order valence-corrected chi connectivity index (χ3v) is 6.41. The normalized spacial score (nSPS) is 20.7. The number of carboxylic acid groups (broad SMARTS) is 1. The van der Waals surface area contributed by atoms with E-state index in [4.69, 9.17) is 14.6 Å². The van der Waals surface area contributed by atoms with E-state index in [1.54, 1.807) is 14.0 Å². The topological polar surface area (TPSA) is 70.1 Å². The number of methoxy groups -OCH3 is 1. The van der Waals surface area contributed by atoms with Crippen LogP contribution >= 0.6 is 0 Å². The number of carbonyl (C=O) groups is 2. The Kier molecular flexibility index (Phi) is 8.70. The molecule has 0 aromatic heterocycles. The monoisotopic (exact) mass is 458 g/mol. The lowest BCUT2D eigenvalue weighted by molar-refractivity contribution is -0.192. The van der Waals surface area contributed by atoms with Crippen molar-refractivity contribution in [2.75, 3.05) is 39.9 Å². The summed E-state index contributed by atoms with van der Waals surface area (Å²) in [5, 5.41) is 7.12. The first-order valence-corrected chi connectivity index (χ1v) is 10.7. The summed E-state index contributed by atoms with van der Waals surface area (Å²) in [6.45, 7) is 11.8. The zero-order valence-electron chi connectivity index (χ0n) is 19.2. The Labute approximate surface area is 187 Å². The summed E-state index contributed by atoms with van der Waals surface area (Å²) in [5.41, 5.74) is 4.35. The second kappa shape index (κ2) is 10.7. The first-order valence-electron chi connectivity index (χ1n) is 10.7. The van der Waals surface area contributed by atoms with Gasteiger partial charge in [-0.15, -0.1) is 0 Å². The molecule has 2 heterocycles. The van der Waals surface area contributed by atoms with Gasteiger partial charge in [-0.25, -0.2) is 4.79 Å². The van der Waals surface area contributed by atoms with Crippen LogP contribution in [0.4, 0.5) is 13.2 Å². The molecule has 2 fully saturated rings. The van der Waals surface area contributed by atoms with Crippen LogP contribution in [0.15, 0.2) is 18.2 Å². The maximum atomic E-state index is 11.9. The Morgan fingerprint density at radius 2 is 1.69 bits per heavy atom. The number of carboxylic acids is 1. The highest BCUT2D eigenvalue weighted by Gasteiger charge is 2.48. The van der Waals surface area contributed by atoms with Crippen molar-refractivity contribution in [2.45, 2.75) is 46.3 Å². The maximum Gasteiger partial charge on any atom is 0.490 e. The zero-order chi connectivity index (χ0) is 24.1. The molecule has 1 aromatic carbocycles. The predicted molar refractivity (Wildman–Crippen MR) is 114 cm³/mol. The van der Waals surface area contributed by atoms with Crippen LogP contribution in [0.25, 0.3) is 0 Å². The number of benzene rings is 1. The molecule has 2 aliphatic heterocycles. The molecule has 32 heavy (non-hydrogen) atoms. The molecule has 2 aliphatic rings. The summed E-state index contributed by atoms with van der Waals surface area (Å²) in [6, 6.07) is 6.84. The molecule has 2 saturated heterocycles. The highest BCUT2D eigenvalue weighted by atomic mass is 19.4. The van der Waals surface area contributed by atoms with Crippen LogP contribution in [0, 0.1) is 25.2 Å². The number of amides is 1. The fraction of sp³-hybridized carbons (Fsp3) is 0.652. The molecule has 0 saturated carbocycles. The highest BCUT2D eigenvalue weighted by molar-refractivity contribution is 5.73. The van der Waals surface area contributed by atoms with Crippen LogP contribution < -0.4 is 0 Å². The van der Waals surface area contributed by atoms with Crippen molar-refractivity contribution < 1.29 is 32.6 Å². The van der Waals surface area contributed by atoms with E-state index < -0.39 is 12.1 Å². The number of piperidine rings is 1. The molecule has 1 N–H and O–H groups in total. The van der Waals surface area contributed by atoms with E-state index in [-0.39, 0.29) is 11.3 Å². The molecule has 180 valence electrons. The van der Waals surface area contributed by atoms with E-state index in [0.29, 0.717) is 5.92 Å². The lowest BCUT2D eigenvalue weighted by Gasteiger charge is -2.42. The summed E-state index contributed by atoms with van der Waals surface area (Å²) < 4.78 is 37.2. The second-order valence-corrected chi connectivity index (χ2v) is 8.99. The Morgan fingerprint density at radius 1 is 1.16 bits per heavy atom. The Bertz CT molecular complexity index is 785. The van der Waals surface area contributed by atoms with Crippen LogP contribution in [-0.4, -0.2) is 72.9 Å². The molecular formula is C23H33F3N2O4. The third kappa shape index (κ3) is 6.93. The number of rotatable bonds is 4. The molecule has 1 aromatic rings. The van der Waals surface area contributed by atoms with E-state index in [1.165, 1.54) is 16.7 Å². The molecule has 1 unspecified atom stereocenters. The second-order valence-electron chi connectivity index (χ2n) is 8.99. The first-order chi connectivity index (χ1) is 14.9. The number of aliphatic carboxylic acids is 1. The van der Waals surface area contributed by atoms with Gasteiger partial charge in [-0.05, 0) is 50.8 Å². The van der Waals surface area contributed by atoms with Gasteiger partial charge in [-0.3, -0.25) is 9.69 Å². The number of alkyl halides is 3. The van der Waals surface area contributed by atoms with Crippen molar-refractivity contribution >= 4 is 11.9 Å². The molecule has 1 atom stereocenters. The van der Waals surface area contributed by atoms with Crippen molar-refractivity contribution in [3.8, 4) is 0 Å². The molecule has 0 aliphatic carbocycles. The van der Waals surface area contributed by atoms with Gasteiger partial charge in [0.1, 0.15) is 0 Å². The van der Waals surface area contributed by atoms with Crippen molar-refractivity contribution in [3.63, 3.8) is 0 Å². The predicted octanol–water partition coefficient (Wildman–Crippen LogP) is 3.64. The number of hydrogen-bond acceptors (Lipinski definition) is 4. The quantitative estimate of drug-likeness (QED) is 0.746. The number of halogens is 3. The summed E-state index contributed by atoms with van der Waals surface area (Å²) in [6.07, 6.45) is -2.76. The van der Waals surface area contributed by atoms with Crippen molar-refractivity contribution in [1.82, 2.24) is 9.80 Å². The number of hydrogen-bond donors (Lipinski definition) is 1. The molecule has 1 amide bonds. The fourth-order valence-corrected chi connectivity index (χ4v) is 4.85. The van der Waals surface area contributed by atoms with Crippen molar-refractivity contribution in [3.05, 3.63) is 34.9 Å². The number of likely N-dealkylation sites (tertiary alicyclic amines) is 2. The molecule has 3 rings (SSSR count). The molecule has 0 bridgehead atoms. The number of nitrogens with zero attached hydrogens (tertiary/aromatic N) is 2. The fourth-order valence-electron chi connectivity index (χ4n) is 4.85. The minimum absolute atomic E-state index is 0.204. The van der Waals surface area contributed by atoms with E-state index in [9.17, 15) is 18.0 Å². The standard InChI is InChI=1S/C21H32N2O2.C2HF3O2/c1-16-9-17(2)11-19(10-16)12-22-7-5-21(6-8-22)15-23(18(3)24)13-20(21)14-25-4;3-2(4,5)1(6)7/h9-11,20H,5-8,12-15H2,1-4H3;(H,6,7). The molecule has 9 heteroatoms. The molecular weight excluding hydrogens is 425 g/mol. The minimum atomic E-state index is -5.08. The van der Waals surface area contributed by atoms with E-state index in [0.717, 1.165) is 52.2 Å². The van der Waals surface area contributed by atoms with Gasteiger partial charge in [-0.2, -0.15) is 13.2 Å². The maximum absolute atomic E-state index is 11.9. The first kappa shape index (κ1) is 26.1. The Hall–Kier alpha value is -2.13. The number of ether oxygens (including phenoxy) is 1. The Balaban J connectivity index is 0.000000451. The smallest absolute Gasteiger partial charge is 0.475 e. The van der Waals surface area contributed by atoms with Gasteiger partial charge in [-0.1, -0.05) is 29.3 Å². The molecule has 6 nitrogen and oxygen atoms in total. The average Bonchev–Trinajstić information content (AvgIpc) is 3.01. The van der Waals surface area contributed by atoms with Crippen LogP contribution in [-0.2, 0) is 20.9 Å². The lowest BCUT2D eigenvalue weighted by Crippen LogP contribution is -2.45. The SMILES string of the molecule is COCC1CN(C(C)=O)CC12CCN(Cc1cc(C)cc(C)c1)CC2.O=C(O)C(F)(F)F. The minimum Gasteiger partial charge on any atom is -0.475 e. The van der Waals surface area contributed by atoms with Gasteiger partial charge in [0.15, 0.2) is 0 Å². The van der Waals surface area contributed by atoms with Crippen LogP contribution in [0.2, 0.25) is 0 Å². The van der Waals surface area contributed by atoms with Crippen molar-refractivity contribution in [1.29, 1.82) is 0 Å². The number of carbonyl (C=O) groups excluding carboxylic acids is 1. The zero-order valence-corrected chi connectivity index (χ0v) is 19.2. The molecule has 1 spiro atoms.